The molecule has 18 heavy (non-hydrogen) atoms. The molecule has 3 rings (SSSR count). The van der Waals surface area contributed by atoms with Gasteiger partial charge in [0, 0.05) is 0 Å². The van der Waals surface area contributed by atoms with E-state index < -0.39 is 0 Å². The van der Waals surface area contributed by atoms with Gasteiger partial charge in [-0.15, -0.1) is 10.2 Å². The van der Waals surface area contributed by atoms with Crippen LogP contribution in [-0.2, 0) is 0 Å². The predicted octanol–water partition coefficient (Wildman–Crippen LogP) is 5.02. The van der Waals surface area contributed by atoms with Crippen LogP contribution >= 0.6 is 11.3 Å². The van der Waals surface area contributed by atoms with Crippen molar-refractivity contribution in [2.24, 2.45) is 10.2 Å². The van der Waals surface area contributed by atoms with Crippen molar-refractivity contribution >= 4 is 32.4 Å². The van der Waals surface area contributed by atoms with Crippen LogP contribution in [0.2, 0.25) is 0 Å². The fraction of sp³-hybridized carbons (Fsp3) is 0.0714. The van der Waals surface area contributed by atoms with Crippen LogP contribution in [-0.4, -0.2) is 4.98 Å². The number of nitrogens with zero attached hydrogens (tertiary/aromatic N) is 3. The van der Waals surface area contributed by atoms with Gasteiger partial charge in [0.25, 0.3) is 0 Å². The zero-order valence-electron chi connectivity index (χ0n) is 9.87. The molecular formula is C14H11N3S. The van der Waals surface area contributed by atoms with Gasteiger partial charge in [0.1, 0.15) is 0 Å². The first-order chi connectivity index (χ1) is 8.81. The minimum Gasteiger partial charge on any atom is -0.217 e. The van der Waals surface area contributed by atoms with E-state index in [1.165, 1.54) is 5.56 Å². The van der Waals surface area contributed by atoms with Crippen LogP contribution in [0.15, 0.2) is 58.8 Å². The van der Waals surface area contributed by atoms with Crippen LogP contribution in [0.4, 0.5) is 10.8 Å². The molecule has 0 bridgehead atoms. The topological polar surface area (TPSA) is 37.6 Å². The molecule has 2 aromatic carbocycles. The van der Waals surface area contributed by atoms with Crippen molar-refractivity contribution in [3.63, 3.8) is 0 Å². The highest BCUT2D eigenvalue weighted by Gasteiger charge is 2.00. The lowest BCUT2D eigenvalue weighted by Gasteiger charge is -1.91. The SMILES string of the molecule is Cc1ccc(N=Nc2nc3ccccc3s2)cc1. The van der Waals surface area contributed by atoms with Gasteiger partial charge in [-0.1, -0.05) is 41.2 Å². The van der Waals surface area contributed by atoms with E-state index >= 15 is 0 Å². The van der Waals surface area contributed by atoms with Crippen molar-refractivity contribution in [3.05, 3.63) is 54.1 Å². The molecule has 3 aromatic rings. The molecule has 4 heteroatoms. The summed E-state index contributed by atoms with van der Waals surface area (Å²) in [6.07, 6.45) is 0. The van der Waals surface area contributed by atoms with E-state index in [1.54, 1.807) is 11.3 Å². The van der Waals surface area contributed by atoms with Gasteiger partial charge >= 0.3 is 0 Å². The van der Waals surface area contributed by atoms with E-state index in [9.17, 15) is 0 Å². The first kappa shape index (κ1) is 11.0. The number of fused-ring (bicyclic) bond motifs is 1. The quantitative estimate of drug-likeness (QED) is 0.591. The Kier molecular flexibility index (Phi) is 2.86. The first-order valence-electron chi connectivity index (χ1n) is 5.65. The third kappa shape index (κ3) is 2.28. The van der Waals surface area contributed by atoms with Crippen LogP contribution in [0.5, 0.6) is 0 Å². The Morgan fingerprint density at radius 2 is 1.72 bits per heavy atom. The molecule has 3 nitrogen and oxygen atoms in total. The highest BCUT2D eigenvalue weighted by molar-refractivity contribution is 7.21. The Labute approximate surface area is 109 Å². The third-order valence-electron chi connectivity index (χ3n) is 2.57. The lowest BCUT2D eigenvalue weighted by Crippen LogP contribution is -1.68. The molecule has 0 aliphatic rings. The van der Waals surface area contributed by atoms with Crippen LogP contribution in [0, 0.1) is 6.92 Å². The Morgan fingerprint density at radius 1 is 0.944 bits per heavy atom. The molecule has 0 fully saturated rings. The van der Waals surface area contributed by atoms with E-state index in [0.29, 0.717) is 5.13 Å². The van der Waals surface area contributed by atoms with E-state index in [2.05, 4.69) is 22.1 Å². The van der Waals surface area contributed by atoms with Crippen molar-refractivity contribution in [1.82, 2.24) is 4.98 Å². The van der Waals surface area contributed by atoms with E-state index in [-0.39, 0.29) is 0 Å². The molecule has 0 saturated heterocycles. The maximum atomic E-state index is 4.40. The predicted molar refractivity (Wildman–Crippen MR) is 75.0 cm³/mol. The summed E-state index contributed by atoms with van der Waals surface area (Å²) < 4.78 is 1.13. The Bertz CT molecular complexity index is 665. The molecule has 0 saturated carbocycles. The van der Waals surface area contributed by atoms with Gasteiger partial charge in [-0.05, 0) is 31.2 Å². The second-order valence-electron chi connectivity index (χ2n) is 4.00. The number of azo groups is 1. The van der Waals surface area contributed by atoms with Gasteiger partial charge in [0.2, 0.25) is 5.13 Å². The van der Waals surface area contributed by atoms with Crippen molar-refractivity contribution in [2.75, 3.05) is 0 Å². The Hall–Kier alpha value is -2.07. The van der Waals surface area contributed by atoms with Crippen molar-refractivity contribution in [2.45, 2.75) is 6.92 Å². The second-order valence-corrected chi connectivity index (χ2v) is 5.01. The summed E-state index contributed by atoms with van der Waals surface area (Å²) in [6, 6.07) is 15.9. The number of benzene rings is 2. The molecule has 1 aromatic heterocycles. The van der Waals surface area contributed by atoms with Crippen LogP contribution in [0.3, 0.4) is 0 Å². The molecule has 1 heterocycles. The molecule has 0 aliphatic carbocycles. The van der Waals surface area contributed by atoms with Crippen LogP contribution in [0.25, 0.3) is 10.2 Å². The van der Waals surface area contributed by atoms with Gasteiger partial charge in [0.05, 0.1) is 15.9 Å². The van der Waals surface area contributed by atoms with Crippen molar-refractivity contribution < 1.29 is 0 Å². The lowest BCUT2D eigenvalue weighted by molar-refractivity contribution is 1.21. The molecule has 0 aliphatic heterocycles. The zero-order valence-corrected chi connectivity index (χ0v) is 10.7. The first-order valence-corrected chi connectivity index (χ1v) is 6.47. The summed E-state index contributed by atoms with van der Waals surface area (Å²) in [5.74, 6) is 0. The van der Waals surface area contributed by atoms with Gasteiger partial charge in [-0.2, -0.15) is 0 Å². The molecule has 0 N–H and O–H groups in total. The summed E-state index contributed by atoms with van der Waals surface area (Å²) in [5, 5.41) is 9.05. The number of hydrogen-bond donors (Lipinski definition) is 0. The molecule has 0 unspecified atom stereocenters. The maximum Gasteiger partial charge on any atom is 0.231 e. The highest BCUT2D eigenvalue weighted by atomic mass is 32.1. The number of rotatable bonds is 2. The smallest absolute Gasteiger partial charge is 0.217 e. The van der Waals surface area contributed by atoms with Crippen LogP contribution in [0.1, 0.15) is 5.56 Å². The summed E-state index contributed by atoms with van der Waals surface area (Å²) in [5.41, 5.74) is 3.04. The Morgan fingerprint density at radius 3 is 2.50 bits per heavy atom. The number of aromatic nitrogens is 1. The fourth-order valence-electron chi connectivity index (χ4n) is 1.61. The highest BCUT2D eigenvalue weighted by Crippen LogP contribution is 2.28. The summed E-state index contributed by atoms with van der Waals surface area (Å²) in [7, 11) is 0. The molecule has 0 spiro atoms. The number of para-hydroxylation sites is 1. The van der Waals surface area contributed by atoms with Gasteiger partial charge in [0.15, 0.2) is 0 Å². The molecular weight excluding hydrogens is 242 g/mol. The average Bonchev–Trinajstić information content (AvgIpc) is 2.81. The zero-order chi connectivity index (χ0) is 12.4. The molecule has 0 amide bonds. The Balaban J connectivity index is 1.89. The minimum absolute atomic E-state index is 0.691. The number of hydrogen-bond acceptors (Lipinski definition) is 4. The largest absolute Gasteiger partial charge is 0.231 e. The average molecular weight is 253 g/mol. The van der Waals surface area contributed by atoms with Gasteiger partial charge < -0.3 is 0 Å². The lowest BCUT2D eigenvalue weighted by atomic mass is 10.2. The molecule has 0 radical (unpaired) electrons. The third-order valence-corrected chi connectivity index (χ3v) is 3.49. The maximum absolute atomic E-state index is 4.40. The normalized spacial score (nSPS) is 11.4. The van der Waals surface area contributed by atoms with E-state index in [4.69, 9.17) is 0 Å². The van der Waals surface area contributed by atoms with Crippen molar-refractivity contribution in [3.8, 4) is 0 Å². The van der Waals surface area contributed by atoms with Crippen LogP contribution < -0.4 is 0 Å². The number of thiazole rings is 1. The summed E-state index contributed by atoms with van der Waals surface area (Å²) in [6.45, 7) is 2.05. The second kappa shape index (κ2) is 4.66. The summed E-state index contributed by atoms with van der Waals surface area (Å²) in [4.78, 5) is 4.40. The minimum atomic E-state index is 0.691. The van der Waals surface area contributed by atoms with E-state index in [1.807, 2.05) is 48.5 Å². The fourth-order valence-corrected chi connectivity index (χ4v) is 2.40. The monoisotopic (exact) mass is 253 g/mol. The molecule has 88 valence electrons. The summed E-state index contributed by atoms with van der Waals surface area (Å²) >= 11 is 1.55. The van der Waals surface area contributed by atoms with Gasteiger partial charge in [-0.25, -0.2) is 4.98 Å². The van der Waals surface area contributed by atoms with Gasteiger partial charge in [-0.3, -0.25) is 0 Å². The standard InChI is InChI=1S/C14H11N3S/c1-10-6-8-11(9-7-10)16-17-14-15-12-4-2-3-5-13(12)18-14/h2-9H,1H3. The van der Waals surface area contributed by atoms with E-state index in [0.717, 1.165) is 15.9 Å². The number of aryl methyl sites for hydroxylation is 1. The van der Waals surface area contributed by atoms with Crippen molar-refractivity contribution in [1.29, 1.82) is 0 Å². The molecule has 0 atom stereocenters.